The second-order valence-electron chi connectivity index (χ2n) is 5.73. The van der Waals surface area contributed by atoms with Crippen molar-refractivity contribution in [2.45, 2.75) is 38.3 Å². The molecule has 3 heteroatoms. The van der Waals surface area contributed by atoms with E-state index in [0.29, 0.717) is 5.56 Å². The summed E-state index contributed by atoms with van der Waals surface area (Å²) in [4.78, 5) is 0. The molecule has 1 aliphatic carbocycles. The summed E-state index contributed by atoms with van der Waals surface area (Å²) < 4.78 is 26.7. The van der Waals surface area contributed by atoms with Gasteiger partial charge in [0, 0.05) is 18.2 Å². The van der Waals surface area contributed by atoms with Gasteiger partial charge in [-0.05, 0) is 55.0 Å². The minimum absolute atomic E-state index is 0.0913. The Hall–Kier alpha value is -1.74. The van der Waals surface area contributed by atoms with E-state index in [2.05, 4.69) is 23.5 Å². The highest BCUT2D eigenvalue weighted by atomic mass is 19.1. The number of hydrogen-bond acceptors (Lipinski definition) is 1. The SMILES string of the molecule is CC(NC1CCCc2ccccc21)c1cc(F)cc(F)c1. The highest BCUT2D eigenvalue weighted by Gasteiger charge is 2.21. The van der Waals surface area contributed by atoms with E-state index in [-0.39, 0.29) is 12.1 Å². The van der Waals surface area contributed by atoms with Gasteiger partial charge in [-0.15, -0.1) is 0 Å². The number of fused-ring (bicyclic) bond motifs is 1. The van der Waals surface area contributed by atoms with Gasteiger partial charge in [-0.25, -0.2) is 8.78 Å². The largest absolute Gasteiger partial charge is 0.303 e. The summed E-state index contributed by atoms with van der Waals surface area (Å²) in [5, 5.41) is 3.51. The zero-order valence-electron chi connectivity index (χ0n) is 12.1. The van der Waals surface area contributed by atoms with E-state index in [1.54, 1.807) is 0 Å². The summed E-state index contributed by atoms with van der Waals surface area (Å²) in [6.45, 7) is 1.95. The predicted molar refractivity (Wildman–Crippen MR) is 80.0 cm³/mol. The lowest BCUT2D eigenvalue weighted by atomic mass is 9.87. The highest BCUT2D eigenvalue weighted by molar-refractivity contribution is 5.32. The standard InChI is InChI=1S/C18H19F2N/c1-12(14-9-15(19)11-16(20)10-14)21-18-8-4-6-13-5-2-3-7-17(13)18/h2-3,5,7,9-12,18,21H,4,6,8H2,1H3. The molecule has 21 heavy (non-hydrogen) atoms. The Morgan fingerprint density at radius 2 is 1.81 bits per heavy atom. The normalized spacial score (nSPS) is 19.1. The fourth-order valence-corrected chi connectivity index (χ4v) is 3.15. The Morgan fingerprint density at radius 3 is 2.57 bits per heavy atom. The molecule has 1 nitrogen and oxygen atoms in total. The van der Waals surface area contributed by atoms with Crippen molar-refractivity contribution in [3.8, 4) is 0 Å². The Bertz CT molecular complexity index is 619. The lowest BCUT2D eigenvalue weighted by Gasteiger charge is -2.29. The van der Waals surface area contributed by atoms with Crippen molar-refractivity contribution in [3.05, 3.63) is 70.8 Å². The van der Waals surface area contributed by atoms with E-state index in [9.17, 15) is 8.78 Å². The van der Waals surface area contributed by atoms with Gasteiger partial charge in [0.05, 0.1) is 0 Å². The maximum absolute atomic E-state index is 13.3. The van der Waals surface area contributed by atoms with Crippen LogP contribution in [-0.4, -0.2) is 0 Å². The summed E-state index contributed by atoms with van der Waals surface area (Å²) in [6, 6.07) is 12.3. The second kappa shape index (κ2) is 5.94. The van der Waals surface area contributed by atoms with Crippen molar-refractivity contribution >= 4 is 0 Å². The molecular formula is C18H19F2N. The van der Waals surface area contributed by atoms with E-state index in [0.717, 1.165) is 25.3 Å². The number of hydrogen-bond donors (Lipinski definition) is 1. The topological polar surface area (TPSA) is 12.0 Å². The molecule has 2 aromatic carbocycles. The van der Waals surface area contributed by atoms with E-state index in [1.807, 2.05) is 13.0 Å². The molecule has 0 aromatic heterocycles. The van der Waals surface area contributed by atoms with Crippen LogP contribution in [0.4, 0.5) is 8.78 Å². The second-order valence-corrected chi connectivity index (χ2v) is 5.73. The van der Waals surface area contributed by atoms with Gasteiger partial charge in [-0.2, -0.15) is 0 Å². The molecule has 110 valence electrons. The van der Waals surface area contributed by atoms with E-state index in [4.69, 9.17) is 0 Å². The predicted octanol–water partition coefficient (Wildman–Crippen LogP) is 4.69. The Balaban J connectivity index is 1.81. The van der Waals surface area contributed by atoms with Gasteiger partial charge >= 0.3 is 0 Å². The summed E-state index contributed by atoms with van der Waals surface area (Å²) in [6.07, 6.45) is 3.30. The number of aryl methyl sites for hydroxylation is 1. The molecule has 0 saturated carbocycles. The number of nitrogens with one attached hydrogen (secondary N) is 1. The Morgan fingerprint density at radius 1 is 1.10 bits per heavy atom. The molecular weight excluding hydrogens is 268 g/mol. The van der Waals surface area contributed by atoms with Crippen LogP contribution in [0.5, 0.6) is 0 Å². The number of rotatable bonds is 3. The van der Waals surface area contributed by atoms with Crippen molar-refractivity contribution in [1.29, 1.82) is 0 Å². The molecule has 2 atom stereocenters. The maximum Gasteiger partial charge on any atom is 0.126 e. The average Bonchev–Trinajstić information content (AvgIpc) is 2.46. The van der Waals surface area contributed by atoms with Gasteiger partial charge in [0.2, 0.25) is 0 Å². The molecule has 1 aliphatic rings. The molecule has 0 aliphatic heterocycles. The zero-order chi connectivity index (χ0) is 14.8. The van der Waals surface area contributed by atoms with E-state index in [1.165, 1.54) is 23.3 Å². The zero-order valence-corrected chi connectivity index (χ0v) is 12.1. The molecule has 0 heterocycles. The first-order chi connectivity index (χ1) is 10.1. The first kappa shape index (κ1) is 14.2. The number of benzene rings is 2. The quantitative estimate of drug-likeness (QED) is 0.863. The van der Waals surface area contributed by atoms with Crippen molar-refractivity contribution in [2.75, 3.05) is 0 Å². The van der Waals surface area contributed by atoms with Crippen LogP contribution >= 0.6 is 0 Å². The van der Waals surface area contributed by atoms with Crippen LogP contribution in [0.15, 0.2) is 42.5 Å². The number of halogens is 2. The monoisotopic (exact) mass is 287 g/mol. The molecule has 0 radical (unpaired) electrons. The minimum atomic E-state index is -0.525. The first-order valence-electron chi connectivity index (χ1n) is 7.43. The van der Waals surface area contributed by atoms with Gasteiger partial charge in [0.15, 0.2) is 0 Å². The molecule has 2 unspecified atom stereocenters. The van der Waals surface area contributed by atoms with Crippen LogP contribution in [0.25, 0.3) is 0 Å². The van der Waals surface area contributed by atoms with Gasteiger partial charge < -0.3 is 5.32 Å². The third-order valence-electron chi connectivity index (χ3n) is 4.21. The van der Waals surface area contributed by atoms with Gasteiger partial charge in [-0.3, -0.25) is 0 Å². The van der Waals surface area contributed by atoms with E-state index >= 15 is 0 Å². The molecule has 0 spiro atoms. The van der Waals surface area contributed by atoms with Gasteiger partial charge in [0.25, 0.3) is 0 Å². The molecule has 3 rings (SSSR count). The fraction of sp³-hybridized carbons (Fsp3) is 0.333. The smallest absolute Gasteiger partial charge is 0.126 e. The van der Waals surface area contributed by atoms with Crippen LogP contribution in [0.2, 0.25) is 0 Å². The average molecular weight is 287 g/mol. The summed E-state index contributed by atoms with van der Waals surface area (Å²) >= 11 is 0. The van der Waals surface area contributed by atoms with Crippen molar-refractivity contribution in [2.24, 2.45) is 0 Å². The van der Waals surface area contributed by atoms with Crippen LogP contribution in [-0.2, 0) is 6.42 Å². The maximum atomic E-state index is 13.3. The molecule has 2 aromatic rings. The third-order valence-corrected chi connectivity index (χ3v) is 4.21. The third kappa shape index (κ3) is 3.13. The first-order valence-corrected chi connectivity index (χ1v) is 7.43. The van der Waals surface area contributed by atoms with Crippen LogP contribution < -0.4 is 5.32 Å². The van der Waals surface area contributed by atoms with Crippen molar-refractivity contribution in [1.82, 2.24) is 5.32 Å². The van der Waals surface area contributed by atoms with Gasteiger partial charge in [-0.1, -0.05) is 24.3 Å². The highest BCUT2D eigenvalue weighted by Crippen LogP contribution is 2.31. The summed E-state index contributed by atoms with van der Waals surface area (Å²) in [5.74, 6) is -1.05. The van der Waals surface area contributed by atoms with Crippen LogP contribution in [0.1, 0.15) is 48.5 Å². The molecule has 1 N–H and O–H groups in total. The molecule has 0 fully saturated rings. The van der Waals surface area contributed by atoms with E-state index < -0.39 is 11.6 Å². The van der Waals surface area contributed by atoms with Crippen molar-refractivity contribution in [3.63, 3.8) is 0 Å². The summed E-state index contributed by atoms with van der Waals surface area (Å²) in [7, 11) is 0. The minimum Gasteiger partial charge on any atom is -0.303 e. The Kier molecular flexibility index (Phi) is 4.02. The molecule has 0 saturated heterocycles. The lowest BCUT2D eigenvalue weighted by molar-refractivity contribution is 0.413. The molecule has 0 bridgehead atoms. The van der Waals surface area contributed by atoms with Gasteiger partial charge in [0.1, 0.15) is 11.6 Å². The fourth-order valence-electron chi connectivity index (χ4n) is 3.15. The summed E-state index contributed by atoms with van der Waals surface area (Å²) in [5.41, 5.74) is 3.34. The lowest BCUT2D eigenvalue weighted by Crippen LogP contribution is -2.27. The van der Waals surface area contributed by atoms with Crippen LogP contribution in [0, 0.1) is 11.6 Å². The van der Waals surface area contributed by atoms with Crippen LogP contribution in [0.3, 0.4) is 0 Å². The molecule has 0 amide bonds. The van der Waals surface area contributed by atoms with Crippen molar-refractivity contribution < 1.29 is 8.78 Å². The Labute approximate surface area is 124 Å².